The van der Waals surface area contributed by atoms with Crippen molar-refractivity contribution in [2.24, 2.45) is 0 Å². The lowest BCUT2D eigenvalue weighted by atomic mass is 10.0. The van der Waals surface area contributed by atoms with Crippen LogP contribution in [0.3, 0.4) is 0 Å². The lowest BCUT2D eigenvalue weighted by Crippen LogP contribution is -2.34. The summed E-state index contributed by atoms with van der Waals surface area (Å²) in [6.07, 6.45) is 1.46. The van der Waals surface area contributed by atoms with Gasteiger partial charge >= 0.3 is 5.97 Å². The Morgan fingerprint density at radius 1 is 1.10 bits per heavy atom. The number of rotatable bonds is 7. The Morgan fingerprint density at radius 3 is 2.48 bits per heavy atom. The van der Waals surface area contributed by atoms with E-state index in [1.165, 1.54) is 11.8 Å². The van der Waals surface area contributed by atoms with Gasteiger partial charge in [0, 0.05) is 26.2 Å². The van der Waals surface area contributed by atoms with E-state index in [0.717, 1.165) is 4.90 Å². The molecule has 0 aliphatic heterocycles. The number of hydrogen-bond acceptors (Lipinski definition) is 4. The number of thiocarbonyl (C=S) groups is 1. The van der Waals surface area contributed by atoms with Gasteiger partial charge in [-0.2, -0.15) is 0 Å². The van der Waals surface area contributed by atoms with Crippen molar-refractivity contribution in [1.82, 2.24) is 10.3 Å². The topological polar surface area (TPSA) is 74.2 Å². The highest BCUT2D eigenvalue weighted by Gasteiger charge is 2.20. The second-order valence-corrected chi connectivity index (χ2v) is 9.08. The highest BCUT2D eigenvalue weighted by Crippen LogP contribution is 2.32. The lowest BCUT2D eigenvalue weighted by Gasteiger charge is -2.21. The predicted molar refractivity (Wildman–Crippen MR) is 131 cm³/mol. The van der Waals surface area contributed by atoms with Gasteiger partial charge in [0.15, 0.2) is 5.11 Å². The fourth-order valence-electron chi connectivity index (χ4n) is 2.70. The quantitative estimate of drug-likeness (QED) is 0.304. The third-order valence-corrected chi connectivity index (χ3v) is 6.13. The zero-order chi connectivity index (χ0) is 22.4. The molecule has 0 aliphatic rings. The molecular weight excluding hydrogens is 497 g/mol. The highest BCUT2D eigenvalue weighted by molar-refractivity contribution is 7.99. The van der Waals surface area contributed by atoms with Gasteiger partial charge in [0.05, 0.1) is 18.2 Å². The first-order valence-corrected chi connectivity index (χ1v) is 11.3. The number of anilines is 1. The number of carboxylic acid groups (broad SMARTS) is 1. The van der Waals surface area contributed by atoms with Crippen LogP contribution in [0.2, 0.25) is 15.1 Å². The van der Waals surface area contributed by atoms with Gasteiger partial charge < -0.3 is 15.7 Å². The molecule has 1 aromatic heterocycles. The molecule has 0 radical (unpaired) electrons. The van der Waals surface area contributed by atoms with Crippen LogP contribution in [0, 0.1) is 0 Å². The summed E-state index contributed by atoms with van der Waals surface area (Å²) >= 11 is 25.1. The van der Waals surface area contributed by atoms with Crippen molar-refractivity contribution in [3.8, 4) is 0 Å². The van der Waals surface area contributed by atoms with Crippen LogP contribution in [0.4, 0.5) is 5.69 Å². The van der Waals surface area contributed by atoms with Gasteiger partial charge in [-0.3, -0.25) is 4.79 Å². The summed E-state index contributed by atoms with van der Waals surface area (Å²) in [5, 5.41) is 17.9. The summed E-state index contributed by atoms with van der Waals surface area (Å²) in [7, 11) is 0. The molecule has 0 saturated heterocycles. The summed E-state index contributed by atoms with van der Waals surface area (Å²) < 4.78 is 0. The maximum absolute atomic E-state index is 11.4. The zero-order valence-corrected chi connectivity index (χ0v) is 19.7. The van der Waals surface area contributed by atoms with Gasteiger partial charge in [0.2, 0.25) is 0 Å². The Labute approximate surface area is 204 Å². The molecule has 3 rings (SSSR count). The molecule has 3 N–H and O–H groups in total. The van der Waals surface area contributed by atoms with Crippen molar-refractivity contribution in [3.05, 3.63) is 81.4 Å². The molecule has 5 nitrogen and oxygen atoms in total. The zero-order valence-electron chi connectivity index (χ0n) is 15.8. The minimum absolute atomic E-state index is 0.220. The molecule has 0 fully saturated rings. The molecule has 0 unspecified atom stereocenters. The fraction of sp³-hybridized carbons (Fsp3) is 0.0952. The van der Waals surface area contributed by atoms with E-state index < -0.39 is 12.0 Å². The number of carbonyl (C=O) groups is 1. The number of halogens is 3. The standard InChI is InChI=1S/C21H16Cl3N3O2S2/c22-12-3-6-14(7-4-12)31-20-17(2-1-9-25-20)26-21(30)27-18(11-19(28)29)15-8-5-13(23)10-16(15)24/h1-10,18H,11H2,(H,28,29)(H2,26,27,30)/t18-/m1/s1. The van der Waals surface area contributed by atoms with Crippen molar-refractivity contribution in [2.75, 3.05) is 5.32 Å². The number of nitrogens with one attached hydrogen (secondary N) is 2. The average molecular weight is 513 g/mol. The molecule has 1 heterocycles. The first kappa shape index (κ1) is 23.6. The van der Waals surface area contributed by atoms with Gasteiger partial charge in [0.25, 0.3) is 0 Å². The number of hydrogen-bond donors (Lipinski definition) is 3. The molecule has 160 valence electrons. The van der Waals surface area contributed by atoms with Crippen molar-refractivity contribution >= 4 is 75.6 Å². The number of nitrogens with zero attached hydrogens (tertiary/aromatic N) is 1. The number of aromatic nitrogens is 1. The Morgan fingerprint density at radius 2 is 1.81 bits per heavy atom. The Balaban J connectivity index is 1.76. The van der Waals surface area contributed by atoms with E-state index >= 15 is 0 Å². The molecule has 1 atom stereocenters. The Bertz CT molecular complexity index is 1100. The van der Waals surface area contributed by atoms with Crippen LogP contribution in [0.5, 0.6) is 0 Å². The molecule has 31 heavy (non-hydrogen) atoms. The molecule has 0 bridgehead atoms. The van der Waals surface area contributed by atoms with Gasteiger partial charge in [-0.25, -0.2) is 4.98 Å². The third kappa shape index (κ3) is 6.98. The van der Waals surface area contributed by atoms with Crippen LogP contribution >= 0.6 is 58.8 Å². The maximum atomic E-state index is 11.4. The summed E-state index contributed by atoms with van der Waals surface area (Å²) in [6.45, 7) is 0. The molecule has 0 aliphatic carbocycles. The van der Waals surface area contributed by atoms with Crippen LogP contribution in [0.1, 0.15) is 18.0 Å². The van der Waals surface area contributed by atoms with E-state index in [0.29, 0.717) is 31.3 Å². The van der Waals surface area contributed by atoms with Gasteiger partial charge in [0.1, 0.15) is 5.03 Å². The van der Waals surface area contributed by atoms with Crippen molar-refractivity contribution in [1.29, 1.82) is 0 Å². The van der Waals surface area contributed by atoms with Gasteiger partial charge in [-0.15, -0.1) is 0 Å². The predicted octanol–water partition coefficient (Wildman–Crippen LogP) is 6.70. The summed E-state index contributed by atoms with van der Waals surface area (Å²) in [5.41, 5.74) is 1.26. The average Bonchev–Trinajstić information content (AvgIpc) is 2.70. The molecule has 2 aromatic carbocycles. The van der Waals surface area contributed by atoms with E-state index in [4.69, 9.17) is 47.0 Å². The molecule has 0 amide bonds. The smallest absolute Gasteiger partial charge is 0.305 e. The second-order valence-electron chi connectivity index (χ2n) is 6.33. The monoisotopic (exact) mass is 511 g/mol. The molecule has 3 aromatic rings. The van der Waals surface area contributed by atoms with E-state index in [2.05, 4.69) is 15.6 Å². The van der Waals surface area contributed by atoms with E-state index in [1.54, 1.807) is 42.6 Å². The van der Waals surface area contributed by atoms with E-state index in [9.17, 15) is 9.90 Å². The minimum Gasteiger partial charge on any atom is -0.481 e. The second kappa shape index (κ2) is 11.0. The van der Waals surface area contributed by atoms with E-state index in [1.807, 2.05) is 18.2 Å². The minimum atomic E-state index is -0.994. The normalized spacial score (nSPS) is 11.6. The third-order valence-electron chi connectivity index (χ3n) is 4.07. The number of benzene rings is 2. The Hall–Kier alpha value is -2.03. The van der Waals surface area contributed by atoms with Crippen LogP contribution in [-0.2, 0) is 4.79 Å². The SMILES string of the molecule is O=C(O)C[C@@H](NC(=S)Nc1cccnc1Sc1ccc(Cl)cc1)c1ccc(Cl)cc1Cl. The first-order valence-electron chi connectivity index (χ1n) is 8.94. The van der Waals surface area contributed by atoms with Crippen LogP contribution in [0.15, 0.2) is 70.7 Å². The molecule has 10 heteroatoms. The van der Waals surface area contributed by atoms with Crippen LogP contribution in [-0.4, -0.2) is 21.2 Å². The number of carboxylic acids is 1. The van der Waals surface area contributed by atoms with Gasteiger partial charge in [-0.05, 0) is 66.3 Å². The summed E-state index contributed by atoms with van der Waals surface area (Å²) in [5.74, 6) is -0.994. The van der Waals surface area contributed by atoms with Crippen molar-refractivity contribution in [2.45, 2.75) is 22.4 Å². The number of aliphatic carboxylic acids is 1. The van der Waals surface area contributed by atoms with E-state index in [-0.39, 0.29) is 11.5 Å². The number of pyridine rings is 1. The summed E-state index contributed by atoms with van der Waals surface area (Å²) in [6, 6.07) is 15.3. The van der Waals surface area contributed by atoms with Crippen LogP contribution in [0.25, 0.3) is 0 Å². The van der Waals surface area contributed by atoms with Crippen LogP contribution < -0.4 is 10.6 Å². The first-order chi connectivity index (χ1) is 14.8. The van der Waals surface area contributed by atoms with Crippen molar-refractivity contribution in [3.63, 3.8) is 0 Å². The van der Waals surface area contributed by atoms with Gasteiger partial charge in [-0.1, -0.05) is 52.6 Å². The molecular formula is C21H16Cl3N3O2S2. The lowest BCUT2D eigenvalue weighted by molar-refractivity contribution is -0.137. The Kier molecular flexibility index (Phi) is 8.40. The highest BCUT2D eigenvalue weighted by atomic mass is 35.5. The molecule has 0 spiro atoms. The fourth-order valence-corrected chi connectivity index (χ4v) is 4.45. The largest absolute Gasteiger partial charge is 0.481 e. The van der Waals surface area contributed by atoms with Crippen molar-refractivity contribution < 1.29 is 9.90 Å². The molecule has 0 saturated carbocycles. The maximum Gasteiger partial charge on any atom is 0.305 e. The summed E-state index contributed by atoms with van der Waals surface area (Å²) in [4.78, 5) is 16.8.